The van der Waals surface area contributed by atoms with Crippen molar-refractivity contribution in [3.63, 3.8) is 0 Å². The lowest BCUT2D eigenvalue weighted by Gasteiger charge is -2.06. The molecule has 0 bridgehead atoms. The highest BCUT2D eigenvalue weighted by atomic mass is 16.4. The minimum Gasteiger partial charge on any atom is -0.475 e. The van der Waals surface area contributed by atoms with Gasteiger partial charge in [0.05, 0.1) is 17.6 Å². The Labute approximate surface area is 96.6 Å². The van der Waals surface area contributed by atoms with Crippen LogP contribution in [0.1, 0.15) is 33.8 Å². The fourth-order valence-electron chi connectivity index (χ4n) is 1.30. The fourth-order valence-corrected chi connectivity index (χ4v) is 1.30. The number of carboxylic acid groups (broad SMARTS) is 1. The topological polar surface area (TPSA) is 96.5 Å². The van der Waals surface area contributed by atoms with Crippen molar-refractivity contribution in [3.05, 3.63) is 47.4 Å². The summed E-state index contributed by atoms with van der Waals surface area (Å²) in [6.07, 6.45) is 1.82. The first-order valence-electron chi connectivity index (χ1n) is 4.87. The third-order valence-electron chi connectivity index (χ3n) is 2.19. The highest BCUT2D eigenvalue weighted by Gasteiger charge is 2.18. The van der Waals surface area contributed by atoms with Crippen LogP contribution in [0.4, 0.5) is 0 Å². The van der Waals surface area contributed by atoms with Crippen molar-refractivity contribution in [1.29, 1.82) is 0 Å². The number of aromatic nitrogens is 2. The Morgan fingerprint density at radius 3 is 2.65 bits per heavy atom. The second-order valence-electron chi connectivity index (χ2n) is 3.49. The van der Waals surface area contributed by atoms with Gasteiger partial charge < -0.3 is 14.6 Å². The molecule has 0 fully saturated rings. The molecule has 0 amide bonds. The number of hydrogen-bond acceptors (Lipinski definition) is 5. The molecule has 2 aromatic heterocycles. The highest BCUT2D eigenvalue weighted by molar-refractivity contribution is 5.84. The number of rotatable bonds is 3. The number of carbonyl (C=O) groups is 1. The third kappa shape index (κ3) is 2.31. The molecular formula is C11H10N2O4. The Kier molecular flexibility index (Phi) is 2.88. The van der Waals surface area contributed by atoms with Crippen molar-refractivity contribution in [3.8, 4) is 0 Å². The molecule has 0 saturated carbocycles. The second-order valence-corrected chi connectivity index (χ2v) is 3.49. The lowest BCUT2D eigenvalue weighted by atomic mass is 10.2. The maximum absolute atomic E-state index is 10.6. The van der Waals surface area contributed by atoms with Crippen molar-refractivity contribution < 1.29 is 19.4 Å². The van der Waals surface area contributed by atoms with Crippen LogP contribution in [0.15, 0.2) is 28.9 Å². The van der Waals surface area contributed by atoms with Gasteiger partial charge in [0.15, 0.2) is 6.10 Å². The van der Waals surface area contributed by atoms with Gasteiger partial charge in [-0.15, -0.1) is 0 Å². The van der Waals surface area contributed by atoms with Gasteiger partial charge in [0.25, 0.3) is 0 Å². The molecule has 0 aromatic carbocycles. The van der Waals surface area contributed by atoms with Gasteiger partial charge in [-0.25, -0.2) is 4.79 Å². The largest absolute Gasteiger partial charge is 0.475 e. The van der Waals surface area contributed by atoms with Crippen LogP contribution in [0.2, 0.25) is 0 Å². The van der Waals surface area contributed by atoms with Gasteiger partial charge in [-0.3, -0.25) is 9.97 Å². The molecule has 2 aromatic rings. The average molecular weight is 234 g/mol. The standard InChI is InChI=1S/C11H10N2O4/c1-6-4-13-7(5-12-6)10(14)8-2-3-9(17-8)11(15)16/h2-5,10,14H,1H3,(H,15,16). The van der Waals surface area contributed by atoms with Crippen LogP contribution in [-0.4, -0.2) is 26.2 Å². The van der Waals surface area contributed by atoms with E-state index in [0.29, 0.717) is 5.69 Å². The van der Waals surface area contributed by atoms with Crippen molar-refractivity contribution in [2.24, 2.45) is 0 Å². The summed E-state index contributed by atoms with van der Waals surface area (Å²) in [5, 5.41) is 18.6. The molecule has 6 nitrogen and oxygen atoms in total. The zero-order chi connectivity index (χ0) is 12.4. The van der Waals surface area contributed by atoms with E-state index in [1.165, 1.54) is 24.5 Å². The predicted molar refractivity (Wildman–Crippen MR) is 56.5 cm³/mol. The molecule has 1 unspecified atom stereocenters. The average Bonchev–Trinajstić information content (AvgIpc) is 2.78. The lowest BCUT2D eigenvalue weighted by molar-refractivity contribution is 0.0654. The Hall–Kier alpha value is -2.21. The van der Waals surface area contributed by atoms with E-state index in [2.05, 4.69) is 9.97 Å². The first-order valence-corrected chi connectivity index (χ1v) is 4.87. The number of carboxylic acids is 1. The van der Waals surface area contributed by atoms with Gasteiger partial charge in [-0.1, -0.05) is 0 Å². The number of hydrogen-bond donors (Lipinski definition) is 2. The van der Waals surface area contributed by atoms with Crippen molar-refractivity contribution in [2.45, 2.75) is 13.0 Å². The molecular weight excluding hydrogens is 224 g/mol. The summed E-state index contributed by atoms with van der Waals surface area (Å²) in [4.78, 5) is 18.6. The summed E-state index contributed by atoms with van der Waals surface area (Å²) in [5.74, 6) is -1.28. The molecule has 0 aliphatic heterocycles. The third-order valence-corrected chi connectivity index (χ3v) is 2.19. The Balaban J connectivity index is 2.27. The first kappa shape index (κ1) is 11.3. The summed E-state index contributed by atoms with van der Waals surface area (Å²) >= 11 is 0. The van der Waals surface area contributed by atoms with E-state index in [4.69, 9.17) is 9.52 Å². The Bertz CT molecular complexity index is 533. The molecule has 2 N–H and O–H groups in total. The summed E-state index contributed by atoms with van der Waals surface area (Å²) < 4.78 is 4.97. The molecule has 0 aliphatic carbocycles. The number of furan rings is 1. The molecule has 0 aliphatic rings. The molecule has 0 spiro atoms. The summed E-state index contributed by atoms with van der Waals surface area (Å²) in [6.45, 7) is 1.78. The van der Waals surface area contributed by atoms with Gasteiger partial charge in [0, 0.05) is 6.20 Å². The fraction of sp³-hybridized carbons (Fsp3) is 0.182. The number of aryl methyl sites for hydroxylation is 1. The van der Waals surface area contributed by atoms with Crippen LogP contribution in [-0.2, 0) is 0 Å². The minimum absolute atomic E-state index is 0.126. The van der Waals surface area contributed by atoms with Crippen LogP contribution >= 0.6 is 0 Å². The van der Waals surface area contributed by atoms with Gasteiger partial charge >= 0.3 is 5.97 Å². The lowest BCUT2D eigenvalue weighted by Crippen LogP contribution is -2.02. The molecule has 2 heterocycles. The predicted octanol–water partition coefficient (Wildman–Crippen LogP) is 1.16. The van der Waals surface area contributed by atoms with E-state index in [-0.39, 0.29) is 11.5 Å². The van der Waals surface area contributed by atoms with Gasteiger partial charge in [-0.05, 0) is 19.1 Å². The zero-order valence-corrected chi connectivity index (χ0v) is 8.99. The van der Waals surface area contributed by atoms with Crippen molar-refractivity contribution in [1.82, 2.24) is 9.97 Å². The van der Waals surface area contributed by atoms with Crippen LogP contribution in [0, 0.1) is 6.92 Å². The number of aliphatic hydroxyl groups excluding tert-OH is 1. The molecule has 0 saturated heterocycles. The number of aliphatic hydroxyl groups is 1. The van der Waals surface area contributed by atoms with E-state index in [9.17, 15) is 9.90 Å². The highest BCUT2D eigenvalue weighted by Crippen LogP contribution is 2.21. The van der Waals surface area contributed by atoms with E-state index in [1.54, 1.807) is 6.92 Å². The zero-order valence-electron chi connectivity index (χ0n) is 8.99. The van der Waals surface area contributed by atoms with Gasteiger partial charge in [0.1, 0.15) is 5.76 Å². The quantitative estimate of drug-likeness (QED) is 0.827. The van der Waals surface area contributed by atoms with E-state index in [1.807, 2.05) is 0 Å². The molecule has 0 radical (unpaired) electrons. The minimum atomic E-state index is -1.18. The molecule has 6 heteroatoms. The van der Waals surface area contributed by atoms with Crippen LogP contribution in [0.3, 0.4) is 0 Å². The van der Waals surface area contributed by atoms with Crippen LogP contribution in [0.5, 0.6) is 0 Å². The summed E-state index contributed by atoms with van der Waals surface area (Å²) in [7, 11) is 0. The monoisotopic (exact) mass is 234 g/mol. The van der Waals surface area contributed by atoms with E-state index in [0.717, 1.165) is 5.69 Å². The van der Waals surface area contributed by atoms with Crippen molar-refractivity contribution >= 4 is 5.97 Å². The maximum Gasteiger partial charge on any atom is 0.371 e. The maximum atomic E-state index is 10.6. The van der Waals surface area contributed by atoms with Gasteiger partial charge in [0.2, 0.25) is 5.76 Å². The summed E-state index contributed by atoms with van der Waals surface area (Å²) in [5.41, 5.74) is 1.04. The SMILES string of the molecule is Cc1cnc(C(O)c2ccc(C(=O)O)o2)cn1. The van der Waals surface area contributed by atoms with Gasteiger partial charge in [-0.2, -0.15) is 0 Å². The molecule has 17 heavy (non-hydrogen) atoms. The van der Waals surface area contributed by atoms with Crippen LogP contribution in [0.25, 0.3) is 0 Å². The summed E-state index contributed by atoms with van der Waals surface area (Å²) in [6, 6.07) is 2.68. The second kappa shape index (κ2) is 4.34. The molecule has 88 valence electrons. The van der Waals surface area contributed by atoms with Crippen LogP contribution < -0.4 is 0 Å². The van der Waals surface area contributed by atoms with E-state index >= 15 is 0 Å². The Morgan fingerprint density at radius 1 is 1.35 bits per heavy atom. The van der Waals surface area contributed by atoms with Crippen molar-refractivity contribution in [2.75, 3.05) is 0 Å². The Morgan fingerprint density at radius 2 is 2.12 bits per heavy atom. The number of aromatic carboxylic acids is 1. The smallest absolute Gasteiger partial charge is 0.371 e. The molecule has 1 atom stereocenters. The molecule has 2 rings (SSSR count). The number of nitrogens with zero attached hydrogens (tertiary/aromatic N) is 2. The van der Waals surface area contributed by atoms with E-state index < -0.39 is 12.1 Å². The first-order chi connectivity index (χ1) is 8.08. The normalized spacial score (nSPS) is 12.4.